The largest absolute Gasteiger partial charge is 0.357 e. The van der Waals surface area contributed by atoms with Crippen molar-refractivity contribution in [3.8, 4) is 0 Å². The van der Waals surface area contributed by atoms with E-state index in [2.05, 4.69) is 85.4 Å². The number of halogens is 1. The van der Waals surface area contributed by atoms with Gasteiger partial charge in [0, 0.05) is 31.7 Å². The Kier molecular flexibility index (Phi) is 12.8. The van der Waals surface area contributed by atoms with Crippen LogP contribution in [-0.4, -0.2) is 67.1 Å². The van der Waals surface area contributed by atoms with Gasteiger partial charge in [0.25, 0.3) is 0 Å². The summed E-state index contributed by atoms with van der Waals surface area (Å²) in [5, 5.41) is 7.14. The Morgan fingerprint density at radius 1 is 1.10 bits per heavy atom. The lowest BCUT2D eigenvalue weighted by molar-refractivity contribution is 0.167. The van der Waals surface area contributed by atoms with Crippen LogP contribution in [0.25, 0.3) is 0 Å². The Bertz CT molecular complexity index is 566. The summed E-state index contributed by atoms with van der Waals surface area (Å²) >= 11 is 0. The van der Waals surface area contributed by atoms with E-state index in [0.29, 0.717) is 18.1 Å². The van der Waals surface area contributed by atoms with Crippen molar-refractivity contribution in [3.63, 3.8) is 0 Å². The summed E-state index contributed by atoms with van der Waals surface area (Å²) in [6, 6.07) is 12.3. The maximum Gasteiger partial charge on any atom is 0.191 e. The molecule has 1 unspecified atom stereocenters. The predicted molar refractivity (Wildman–Crippen MR) is 136 cm³/mol. The monoisotopic (exact) mass is 515 g/mol. The lowest BCUT2D eigenvalue weighted by atomic mass is 10.0. The quantitative estimate of drug-likeness (QED) is 0.295. The van der Waals surface area contributed by atoms with E-state index in [-0.39, 0.29) is 24.0 Å². The van der Waals surface area contributed by atoms with Gasteiger partial charge in [0.05, 0.1) is 12.6 Å². The maximum atomic E-state index is 4.99. The van der Waals surface area contributed by atoms with Gasteiger partial charge in [-0.2, -0.15) is 0 Å². The molecule has 0 amide bonds. The van der Waals surface area contributed by atoms with Crippen LogP contribution in [0.4, 0.5) is 0 Å². The molecular weight excluding hydrogens is 473 g/mol. The highest BCUT2D eigenvalue weighted by Gasteiger charge is 2.22. The highest BCUT2D eigenvalue weighted by Crippen LogP contribution is 2.21. The van der Waals surface area contributed by atoms with Crippen LogP contribution in [0.3, 0.4) is 0 Å². The smallest absolute Gasteiger partial charge is 0.191 e. The van der Waals surface area contributed by atoms with Crippen molar-refractivity contribution in [1.82, 2.24) is 20.4 Å². The Balaban J connectivity index is 0.00000420. The molecule has 6 heteroatoms. The summed E-state index contributed by atoms with van der Waals surface area (Å²) in [6.45, 7) is 17.2. The summed E-state index contributed by atoms with van der Waals surface area (Å²) in [7, 11) is 0. The third kappa shape index (κ3) is 8.42. The molecule has 1 saturated heterocycles. The van der Waals surface area contributed by atoms with Crippen LogP contribution in [0.15, 0.2) is 35.3 Å². The SMILES string of the molecule is CCNC(=NCC(c1ccccc1)N(CC)CC)NC1CCN(C(C)C)CC1.I. The van der Waals surface area contributed by atoms with Gasteiger partial charge in [0.1, 0.15) is 0 Å². The van der Waals surface area contributed by atoms with Crippen molar-refractivity contribution in [3.05, 3.63) is 35.9 Å². The lowest BCUT2D eigenvalue weighted by Gasteiger charge is -2.35. The first-order chi connectivity index (χ1) is 13.6. The molecule has 0 bridgehead atoms. The van der Waals surface area contributed by atoms with E-state index in [9.17, 15) is 0 Å². The number of piperidine rings is 1. The molecule has 1 aliphatic rings. The van der Waals surface area contributed by atoms with E-state index in [0.717, 1.165) is 32.1 Å². The second kappa shape index (κ2) is 14.2. The summed E-state index contributed by atoms with van der Waals surface area (Å²) in [5.41, 5.74) is 1.34. The lowest BCUT2D eigenvalue weighted by Crippen LogP contribution is -2.50. The molecule has 29 heavy (non-hydrogen) atoms. The standard InChI is InChI=1S/C23H41N5.HI/c1-6-24-23(26-21-14-16-28(17-15-21)19(4)5)25-18-22(27(7-2)8-3)20-12-10-9-11-13-20;/h9-13,19,21-22H,6-8,14-18H2,1-5H3,(H2,24,25,26);1H. The van der Waals surface area contributed by atoms with Crippen LogP contribution < -0.4 is 10.6 Å². The first kappa shape index (κ1) is 26.2. The third-order valence-corrected chi connectivity index (χ3v) is 5.80. The number of rotatable bonds is 9. The van der Waals surface area contributed by atoms with Gasteiger partial charge >= 0.3 is 0 Å². The highest BCUT2D eigenvalue weighted by molar-refractivity contribution is 14.0. The molecule has 1 atom stereocenters. The first-order valence-corrected chi connectivity index (χ1v) is 11.2. The summed E-state index contributed by atoms with van der Waals surface area (Å²) in [5.74, 6) is 0.957. The van der Waals surface area contributed by atoms with Gasteiger partial charge in [0.2, 0.25) is 0 Å². The minimum Gasteiger partial charge on any atom is -0.357 e. The average molecular weight is 516 g/mol. The van der Waals surface area contributed by atoms with E-state index in [1.54, 1.807) is 0 Å². The number of hydrogen-bond acceptors (Lipinski definition) is 3. The number of likely N-dealkylation sites (tertiary alicyclic amines) is 1. The molecule has 5 nitrogen and oxygen atoms in total. The summed E-state index contributed by atoms with van der Waals surface area (Å²) in [4.78, 5) is 10.0. The average Bonchev–Trinajstić information content (AvgIpc) is 2.72. The van der Waals surface area contributed by atoms with Crippen LogP contribution in [0.5, 0.6) is 0 Å². The molecule has 0 radical (unpaired) electrons. The molecule has 166 valence electrons. The van der Waals surface area contributed by atoms with Gasteiger partial charge in [-0.3, -0.25) is 9.89 Å². The molecule has 1 aromatic carbocycles. The van der Waals surface area contributed by atoms with E-state index < -0.39 is 0 Å². The fraction of sp³-hybridized carbons (Fsp3) is 0.696. The van der Waals surface area contributed by atoms with Gasteiger partial charge in [-0.1, -0.05) is 44.2 Å². The van der Waals surface area contributed by atoms with Crippen molar-refractivity contribution in [1.29, 1.82) is 0 Å². The van der Waals surface area contributed by atoms with E-state index in [4.69, 9.17) is 4.99 Å². The van der Waals surface area contributed by atoms with Crippen LogP contribution in [-0.2, 0) is 0 Å². The first-order valence-electron chi connectivity index (χ1n) is 11.2. The molecule has 2 rings (SSSR count). The van der Waals surface area contributed by atoms with Crippen molar-refractivity contribution < 1.29 is 0 Å². The van der Waals surface area contributed by atoms with Gasteiger partial charge in [-0.05, 0) is 52.3 Å². The number of aliphatic imine (C=N–C) groups is 1. The Morgan fingerprint density at radius 2 is 1.72 bits per heavy atom. The zero-order valence-electron chi connectivity index (χ0n) is 19.0. The van der Waals surface area contributed by atoms with Crippen LogP contribution >= 0.6 is 24.0 Å². The number of nitrogens with zero attached hydrogens (tertiary/aromatic N) is 3. The molecule has 1 aromatic rings. The zero-order chi connectivity index (χ0) is 20.4. The number of benzene rings is 1. The third-order valence-electron chi connectivity index (χ3n) is 5.80. The molecule has 2 N–H and O–H groups in total. The molecule has 1 aliphatic heterocycles. The minimum absolute atomic E-state index is 0. The molecular formula is C23H42IN5. The van der Waals surface area contributed by atoms with Gasteiger partial charge in [-0.25, -0.2) is 0 Å². The Hall–Kier alpha value is -0.860. The zero-order valence-corrected chi connectivity index (χ0v) is 21.4. The number of hydrogen-bond donors (Lipinski definition) is 2. The van der Waals surface area contributed by atoms with E-state index in [1.165, 1.54) is 31.5 Å². The van der Waals surface area contributed by atoms with Crippen molar-refractivity contribution in [2.75, 3.05) is 39.3 Å². The molecule has 1 heterocycles. The maximum absolute atomic E-state index is 4.99. The predicted octanol–water partition coefficient (Wildman–Crippen LogP) is 4.12. The van der Waals surface area contributed by atoms with Crippen molar-refractivity contribution >= 4 is 29.9 Å². The Morgan fingerprint density at radius 3 is 2.24 bits per heavy atom. The number of likely N-dealkylation sites (N-methyl/N-ethyl adjacent to an activating group) is 1. The fourth-order valence-corrected chi connectivity index (χ4v) is 4.02. The van der Waals surface area contributed by atoms with Crippen LogP contribution in [0.1, 0.15) is 59.1 Å². The fourth-order valence-electron chi connectivity index (χ4n) is 4.02. The van der Waals surface area contributed by atoms with E-state index in [1.807, 2.05) is 0 Å². The topological polar surface area (TPSA) is 42.9 Å². The van der Waals surface area contributed by atoms with Gasteiger partial charge in [-0.15, -0.1) is 24.0 Å². The molecule has 0 spiro atoms. The molecule has 0 aliphatic carbocycles. The molecule has 0 aromatic heterocycles. The van der Waals surface area contributed by atoms with Crippen LogP contribution in [0.2, 0.25) is 0 Å². The number of nitrogens with one attached hydrogen (secondary N) is 2. The van der Waals surface area contributed by atoms with Crippen molar-refractivity contribution in [2.45, 2.75) is 65.6 Å². The van der Waals surface area contributed by atoms with E-state index >= 15 is 0 Å². The summed E-state index contributed by atoms with van der Waals surface area (Å²) < 4.78 is 0. The second-order valence-electron chi connectivity index (χ2n) is 7.92. The van der Waals surface area contributed by atoms with Gasteiger partial charge < -0.3 is 15.5 Å². The minimum atomic E-state index is 0. The molecule has 1 fully saturated rings. The van der Waals surface area contributed by atoms with Crippen LogP contribution in [0, 0.1) is 0 Å². The summed E-state index contributed by atoms with van der Waals surface area (Å²) in [6.07, 6.45) is 2.36. The van der Waals surface area contributed by atoms with Crippen molar-refractivity contribution in [2.24, 2.45) is 4.99 Å². The number of guanidine groups is 1. The Labute approximate surface area is 195 Å². The normalized spacial score (nSPS) is 17.3. The molecule has 0 saturated carbocycles. The van der Waals surface area contributed by atoms with Gasteiger partial charge in [0.15, 0.2) is 5.96 Å². The second-order valence-corrected chi connectivity index (χ2v) is 7.92. The highest BCUT2D eigenvalue weighted by atomic mass is 127.